The highest BCUT2D eigenvalue weighted by Gasteiger charge is 2.60. The second-order valence-corrected chi connectivity index (χ2v) is 23.5. The van der Waals surface area contributed by atoms with Crippen LogP contribution in [0.2, 0.25) is 0 Å². The van der Waals surface area contributed by atoms with Crippen LogP contribution in [0.3, 0.4) is 0 Å². The molecule has 3 fully saturated rings. The minimum Gasteiger partial charge on any atom is -0.459 e. The van der Waals surface area contributed by atoms with Crippen LogP contribution in [0.25, 0.3) is 0 Å². The van der Waals surface area contributed by atoms with Gasteiger partial charge in [0.15, 0.2) is 55.3 Å². The van der Waals surface area contributed by atoms with Crippen molar-refractivity contribution < 1.29 is 114 Å². The van der Waals surface area contributed by atoms with Gasteiger partial charge in [0.25, 0.3) is 0 Å². The van der Waals surface area contributed by atoms with Crippen molar-refractivity contribution in [1.29, 1.82) is 0 Å². The molecular weight excluding hydrogens is 1340 g/mol. The smallest absolute Gasteiger partial charge is 0.352 e. The van der Waals surface area contributed by atoms with Crippen LogP contribution >= 0.6 is 0 Å². The molecule has 0 aromatic heterocycles. The minimum atomic E-state index is -2.11. The third-order valence-corrected chi connectivity index (χ3v) is 16.6. The van der Waals surface area contributed by atoms with E-state index in [0.29, 0.717) is 0 Å². The third kappa shape index (κ3) is 17.8. The molecule has 9 aromatic rings. The maximum absolute atomic E-state index is 14.8. The van der Waals surface area contributed by atoms with E-state index in [1.54, 1.807) is 140 Å². The van der Waals surface area contributed by atoms with E-state index in [4.69, 9.17) is 66.3 Å². The Bertz CT molecular complexity index is 4430. The molecule has 528 valence electrons. The van der Waals surface area contributed by atoms with Gasteiger partial charge in [0.05, 0.1) is 56.7 Å². The van der Waals surface area contributed by atoms with E-state index in [2.05, 4.69) is 0 Å². The van der Waals surface area contributed by atoms with Crippen LogP contribution in [0.1, 0.15) is 93.2 Å². The summed E-state index contributed by atoms with van der Waals surface area (Å²) in [6.07, 6.45) is -25.0. The Hall–Kier alpha value is -12.5. The van der Waals surface area contributed by atoms with Gasteiger partial charge >= 0.3 is 59.7 Å². The average Bonchev–Trinajstić information content (AvgIpc) is 1.63. The Kier molecular flexibility index (Phi) is 23.5. The summed E-state index contributed by atoms with van der Waals surface area (Å²) in [4.78, 5) is 144. The summed E-state index contributed by atoms with van der Waals surface area (Å²) in [6.45, 7) is -2.57. The highest BCUT2D eigenvalue weighted by atomic mass is 16.8. The summed E-state index contributed by atoms with van der Waals surface area (Å²) in [7, 11) is 0. The summed E-state index contributed by atoms with van der Waals surface area (Å²) in [5.41, 5.74) is 0.0483. The predicted octanol–water partition coefficient (Wildman–Crippen LogP) is 10.1. The van der Waals surface area contributed by atoms with Gasteiger partial charge < -0.3 is 66.3 Å². The molecule has 9 aromatic carbocycles. The number of rotatable bonds is 27. The lowest BCUT2D eigenvalue weighted by Crippen LogP contribution is -2.50. The largest absolute Gasteiger partial charge is 0.459 e. The number of cyclic esters (lactones) is 1. The summed E-state index contributed by atoms with van der Waals surface area (Å²) < 4.78 is 88.1. The molecule has 104 heavy (non-hydrogen) atoms. The molecule has 0 N–H and O–H groups in total. The van der Waals surface area contributed by atoms with E-state index in [0.717, 1.165) is 0 Å². The Morgan fingerprint density at radius 3 is 1.01 bits per heavy atom. The van der Waals surface area contributed by atoms with E-state index in [-0.39, 0.29) is 50.1 Å². The minimum absolute atomic E-state index is 0.0134. The molecule has 0 aliphatic carbocycles. The molecule has 3 saturated heterocycles. The molecule has 0 radical (unpaired) electrons. The van der Waals surface area contributed by atoms with Crippen LogP contribution in [0.4, 0.5) is 0 Å². The van der Waals surface area contributed by atoms with Gasteiger partial charge in [-0.1, -0.05) is 164 Å². The van der Waals surface area contributed by atoms with E-state index in [1.807, 2.05) is 0 Å². The second kappa shape index (κ2) is 34.3. The first-order valence-electron chi connectivity index (χ1n) is 32.8. The maximum Gasteiger partial charge on any atom is 0.352 e. The first kappa shape index (κ1) is 71.3. The zero-order valence-electron chi connectivity index (χ0n) is 54.9. The number of carbonyl (C=O) groups is 10. The van der Waals surface area contributed by atoms with Gasteiger partial charge in [0.2, 0.25) is 6.10 Å². The van der Waals surface area contributed by atoms with Gasteiger partial charge in [-0.25, -0.2) is 47.9 Å². The lowest BCUT2D eigenvalue weighted by molar-refractivity contribution is -0.249. The summed E-state index contributed by atoms with van der Waals surface area (Å²) in [5, 5.41) is 0. The predicted molar refractivity (Wildman–Crippen MR) is 361 cm³/mol. The summed E-state index contributed by atoms with van der Waals surface area (Å²) in [5.74, 6) is -10.3. The fourth-order valence-corrected chi connectivity index (χ4v) is 11.4. The van der Waals surface area contributed by atoms with E-state index in [9.17, 15) is 47.9 Å². The molecule has 0 spiro atoms. The average molecular weight is 1410 g/mol. The molecule has 0 unspecified atom stereocenters. The van der Waals surface area contributed by atoms with Crippen molar-refractivity contribution in [2.45, 2.75) is 79.7 Å². The van der Waals surface area contributed by atoms with Crippen LogP contribution in [-0.2, 0) is 71.1 Å². The standard InChI is InChI=1S/C80H64O24/c81-69(49-28-10-1-11-29-49)91-46-58(94-71(83)51-32-14-3-15-33-51)62-65(100-74(86)54-38-20-6-21-39-54)68(103-77(89)57-44-26-9-27-45-57)79(104-62)93-48-60(61-64(99-73(85)53-36-18-5-19-37-53)66(78(90)98-61)101-75(87)55-40-22-7-23-41-55)96-80-67(102-76(88)56-42-24-8-25-43-56)63(97-72(84)52-34-16-4-17-35-52)59(95-80)47-92-70(82)50-30-12-2-13-31-50/h1-45,58-68,79-80H,46-48H2/t58-,59-,60-,61+,62+,63-,64+,65+,66-,67+,68-,79-,80-/m1/s1. The molecule has 13 atom stereocenters. The summed E-state index contributed by atoms with van der Waals surface area (Å²) in [6, 6.07) is 68.7. The molecule has 12 rings (SSSR count). The lowest BCUT2D eigenvalue weighted by atomic mass is 10.0. The van der Waals surface area contributed by atoms with Gasteiger partial charge in [-0.2, -0.15) is 0 Å². The number of ether oxygens (including phenoxy) is 14. The van der Waals surface area contributed by atoms with Crippen molar-refractivity contribution in [2.24, 2.45) is 0 Å². The fourth-order valence-electron chi connectivity index (χ4n) is 11.4. The molecule has 3 aliphatic rings. The van der Waals surface area contributed by atoms with Gasteiger partial charge in [0, 0.05) is 0 Å². The number of carbonyl (C=O) groups excluding carboxylic acids is 10. The van der Waals surface area contributed by atoms with Crippen LogP contribution in [0, 0.1) is 0 Å². The van der Waals surface area contributed by atoms with Crippen molar-refractivity contribution in [3.05, 3.63) is 323 Å². The van der Waals surface area contributed by atoms with Crippen molar-refractivity contribution in [1.82, 2.24) is 0 Å². The Labute approximate surface area is 594 Å². The van der Waals surface area contributed by atoms with Crippen LogP contribution in [-0.4, -0.2) is 159 Å². The maximum atomic E-state index is 14.8. The van der Waals surface area contributed by atoms with E-state index < -0.39 is 159 Å². The molecule has 3 aliphatic heterocycles. The van der Waals surface area contributed by atoms with Crippen molar-refractivity contribution in [2.75, 3.05) is 19.8 Å². The molecular formula is C80H64O24. The second-order valence-electron chi connectivity index (χ2n) is 23.5. The van der Waals surface area contributed by atoms with Crippen LogP contribution in [0.5, 0.6) is 0 Å². The SMILES string of the molecule is O=C(OC[C@@H](OC(=O)c1ccccc1)[C@@H]1O[C@@H](OC[C@@H](O[C@H]2O[C@H](COC(=O)c3ccccc3)[C@@H](OC(=O)c3ccccc3)[C@@H]2OC(=O)c2ccccc2)[C@@H]2OC(=O)[C@H](OC(=O)c3ccccc3)[C@H]2OC(=O)c2ccccc2)[C@H](OC(=O)c2ccccc2)[C@H]1OC(=O)c1ccccc1)c1ccccc1. The van der Waals surface area contributed by atoms with E-state index >= 15 is 0 Å². The number of esters is 10. The Morgan fingerprint density at radius 2 is 0.615 bits per heavy atom. The molecule has 0 saturated carbocycles. The first-order chi connectivity index (χ1) is 50.7. The van der Waals surface area contributed by atoms with Gasteiger partial charge in [-0.15, -0.1) is 0 Å². The van der Waals surface area contributed by atoms with Gasteiger partial charge in [0.1, 0.15) is 31.5 Å². The molecule has 24 nitrogen and oxygen atoms in total. The third-order valence-electron chi connectivity index (χ3n) is 16.6. The van der Waals surface area contributed by atoms with Crippen molar-refractivity contribution in [3.63, 3.8) is 0 Å². The highest BCUT2D eigenvalue weighted by molar-refractivity contribution is 5.95. The molecule has 3 heterocycles. The highest BCUT2D eigenvalue weighted by Crippen LogP contribution is 2.38. The fraction of sp³-hybridized carbons (Fsp3) is 0.200. The Balaban J connectivity index is 0.981. The number of benzene rings is 9. The normalized spacial score (nSPS) is 21.5. The zero-order valence-corrected chi connectivity index (χ0v) is 54.9. The first-order valence-corrected chi connectivity index (χ1v) is 32.8. The Morgan fingerprint density at radius 1 is 0.298 bits per heavy atom. The zero-order chi connectivity index (χ0) is 72.3. The molecule has 24 heteroatoms. The van der Waals surface area contributed by atoms with Crippen LogP contribution < -0.4 is 0 Å². The quantitative estimate of drug-likeness (QED) is 0.0341. The van der Waals surface area contributed by atoms with E-state index in [1.165, 1.54) is 133 Å². The summed E-state index contributed by atoms with van der Waals surface area (Å²) >= 11 is 0. The lowest BCUT2D eigenvalue weighted by Gasteiger charge is -2.32. The van der Waals surface area contributed by atoms with Gasteiger partial charge in [-0.05, 0) is 109 Å². The molecule has 0 amide bonds. The van der Waals surface area contributed by atoms with Crippen molar-refractivity contribution >= 4 is 59.7 Å². The van der Waals surface area contributed by atoms with Crippen molar-refractivity contribution in [3.8, 4) is 0 Å². The molecule has 0 bridgehead atoms. The topological polar surface area (TPSA) is 300 Å². The van der Waals surface area contributed by atoms with Crippen LogP contribution in [0.15, 0.2) is 273 Å². The number of hydrogen-bond acceptors (Lipinski definition) is 24. The number of hydrogen-bond donors (Lipinski definition) is 0. The van der Waals surface area contributed by atoms with Gasteiger partial charge in [-0.3, -0.25) is 0 Å². The monoisotopic (exact) mass is 1410 g/mol.